The lowest BCUT2D eigenvalue weighted by molar-refractivity contribution is -0.117. The zero-order valence-corrected chi connectivity index (χ0v) is 17.7. The molecule has 4 nitrogen and oxygen atoms in total. The molecule has 0 fully saturated rings. The van der Waals surface area contributed by atoms with E-state index in [4.69, 9.17) is 27.9 Å². The summed E-state index contributed by atoms with van der Waals surface area (Å²) in [7, 11) is 1.65. The molecule has 28 heavy (non-hydrogen) atoms. The van der Waals surface area contributed by atoms with Crippen molar-refractivity contribution in [2.24, 2.45) is 0 Å². The van der Waals surface area contributed by atoms with Crippen LogP contribution in [0.3, 0.4) is 0 Å². The minimum Gasteiger partial charge on any atom is -0.496 e. The molecule has 1 heterocycles. The van der Waals surface area contributed by atoms with Gasteiger partial charge in [-0.05, 0) is 29.6 Å². The van der Waals surface area contributed by atoms with Crippen LogP contribution in [0.25, 0.3) is 0 Å². The average Bonchev–Trinajstić information content (AvgIpc) is 3.18. The molecule has 0 spiro atoms. The molecule has 0 radical (unpaired) electrons. The SMILES string of the molecule is COc1ccccc1CN(CC(=O)Nc1c(Cl)cccc1Cl)Cc1cccs1. The maximum Gasteiger partial charge on any atom is 0.238 e. The number of halogens is 2. The number of para-hydroxylation sites is 2. The minimum atomic E-state index is -0.179. The highest BCUT2D eigenvalue weighted by Crippen LogP contribution is 2.30. The van der Waals surface area contributed by atoms with Crippen molar-refractivity contribution in [3.05, 3.63) is 80.5 Å². The van der Waals surface area contributed by atoms with Gasteiger partial charge in [0, 0.05) is 23.5 Å². The number of nitrogens with one attached hydrogen (secondary N) is 1. The van der Waals surface area contributed by atoms with Crippen molar-refractivity contribution in [2.75, 3.05) is 19.0 Å². The van der Waals surface area contributed by atoms with Gasteiger partial charge in [0.2, 0.25) is 5.91 Å². The third-order valence-electron chi connectivity index (χ3n) is 4.14. The number of amides is 1. The van der Waals surface area contributed by atoms with E-state index >= 15 is 0 Å². The highest BCUT2D eigenvalue weighted by molar-refractivity contribution is 7.09. The number of ether oxygens (including phenoxy) is 1. The normalized spacial score (nSPS) is 10.9. The standard InChI is InChI=1S/C21H20Cl2N2O2S/c1-27-19-10-3-2-6-15(19)12-25(13-16-7-5-11-28-16)14-20(26)24-21-17(22)8-4-9-18(21)23/h2-11H,12-14H2,1H3,(H,24,26). The smallest absolute Gasteiger partial charge is 0.238 e. The van der Waals surface area contributed by atoms with E-state index in [-0.39, 0.29) is 12.5 Å². The summed E-state index contributed by atoms with van der Waals surface area (Å²) in [6.45, 7) is 1.42. The Morgan fingerprint density at radius 2 is 1.79 bits per heavy atom. The molecule has 1 amide bonds. The zero-order valence-electron chi connectivity index (χ0n) is 15.3. The molecule has 0 saturated carbocycles. The molecule has 0 atom stereocenters. The minimum absolute atomic E-state index is 0.179. The van der Waals surface area contributed by atoms with Crippen molar-refractivity contribution >= 4 is 46.1 Å². The first kappa shape index (κ1) is 20.7. The van der Waals surface area contributed by atoms with Crippen LogP contribution in [-0.4, -0.2) is 24.5 Å². The third-order valence-corrected chi connectivity index (χ3v) is 5.63. The van der Waals surface area contributed by atoms with Crippen molar-refractivity contribution in [3.8, 4) is 5.75 Å². The Hall–Kier alpha value is -2.05. The molecule has 1 N–H and O–H groups in total. The number of benzene rings is 2. The van der Waals surface area contributed by atoms with Gasteiger partial charge in [-0.1, -0.05) is 53.5 Å². The lowest BCUT2D eigenvalue weighted by Gasteiger charge is -2.22. The fourth-order valence-corrected chi connectivity index (χ4v) is 4.10. The van der Waals surface area contributed by atoms with Gasteiger partial charge in [-0.15, -0.1) is 11.3 Å². The van der Waals surface area contributed by atoms with E-state index in [0.717, 1.165) is 11.3 Å². The monoisotopic (exact) mass is 434 g/mol. The van der Waals surface area contributed by atoms with Crippen LogP contribution in [0.4, 0.5) is 5.69 Å². The predicted molar refractivity (Wildman–Crippen MR) is 117 cm³/mol. The number of carbonyl (C=O) groups is 1. The summed E-state index contributed by atoms with van der Waals surface area (Å²) >= 11 is 14.0. The fraction of sp³-hybridized carbons (Fsp3) is 0.190. The topological polar surface area (TPSA) is 41.6 Å². The van der Waals surface area contributed by atoms with Crippen LogP contribution >= 0.6 is 34.5 Å². The van der Waals surface area contributed by atoms with Crippen molar-refractivity contribution in [1.29, 1.82) is 0 Å². The Labute approximate surface area is 178 Å². The average molecular weight is 435 g/mol. The number of thiophene rings is 1. The number of carbonyl (C=O) groups excluding carboxylic acids is 1. The molecule has 146 valence electrons. The zero-order chi connectivity index (χ0) is 19.9. The number of anilines is 1. The Kier molecular flexibility index (Phi) is 7.34. The molecular weight excluding hydrogens is 415 g/mol. The lowest BCUT2D eigenvalue weighted by Crippen LogP contribution is -2.32. The van der Waals surface area contributed by atoms with Crippen molar-refractivity contribution in [1.82, 2.24) is 4.90 Å². The molecule has 0 saturated heterocycles. The number of hydrogen-bond donors (Lipinski definition) is 1. The van der Waals surface area contributed by atoms with E-state index in [1.165, 1.54) is 4.88 Å². The quantitative estimate of drug-likeness (QED) is 0.493. The summed E-state index contributed by atoms with van der Waals surface area (Å²) in [6, 6.07) is 17.0. The van der Waals surface area contributed by atoms with Crippen LogP contribution < -0.4 is 10.1 Å². The van der Waals surface area contributed by atoms with Gasteiger partial charge in [-0.2, -0.15) is 0 Å². The van der Waals surface area contributed by atoms with E-state index in [0.29, 0.717) is 28.8 Å². The predicted octanol–water partition coefficient (Wildman–Crippen LogP) is 5.70. The number of hydrogen-bond acceptors (Lipinski definition) is 4. The van der Waals surface area contributed by atoms with Gasteiger partial charge in [0.15, 0.2) is 0 Å². The van der Waals surface area contributed by atoms with Gasteiger partial charge in [0.1, 0.15) is 5.75 Å². The molecule has 0 unspecified atom stereocenters. The molecule has 7 heteroatoms. The van der Waals surface area contributed by atoms with Crippen LogP contribution in [0.1, 0.15) is 10.4 Å². The Morgan fingerprint density at radius 3 is 2.46 bits per heavy atom. The third kappa shape index (κ3) is 5.49. The summed E-state index contributed by atoms with van der Waals surface area (Å²) in [6.07, 6.45) is 0. The first-order valence-electron chi connectivity index (χ1n) is 8.67. The van der Waals surface area contributed by atoms with Crippen molar-refractivity contribution in [3.63, 3.8) is 0 Å². The van der Waals surface area contributed by atoms with Crippen LogP contribution in [0.15, 0.2) is 60.0 Å². The van der Waals surface area contributed by atoms with Gasteiger partial charge >= 0.3 is 0 Å². The Bertz CT molecular complexity index is 912. The van der Waals surface area contributed by atoms with E-state index in [1.54, 1.807) is 36.6 Å². The molecule has 1 aromatic heterocycles. The summed E-state index contributed by atoms with van der Waals surface area (Å²) < 4.78 is 5.45. The number of rotatable bonds is 8. The largest absolute Gasteiger partial charge is 0.496 e. The van der Waals surface area contributed by atoms with E-state index in [1.807, 2.05) is 35.7 Å². The summed E-state index contributed by atoms with van der Waals surface area (Å²) in [4.78, 5) is 15.9. The summed E-state index contributed by atoms with van der Waals surface area (Å²) in [5, 5.41) is 5.68. The fourth-order valence-electron chi connectivity index (χ4n) is 2.86. The molecule has 0 aliphatic carbocycles. The molecule has 3 aromatic rings. The molecular formula is C21H20Cl2N2O2S. The van der Waals surface area contributed by atoms with Crippen LogP contribution in [0.5, 0.6) is 5.75 Å². The maximum atomic E-state index is 12.7. The van der Waals surface area contributed by atoms with Crippen LogP contribution in [0.2, 0.25) is 10.0 Å². The number of methoxy groups -OCH3 is 1. The highest BCUT2D eigenvalue weighted by atomic mass is 35.5. The first-order valence-corrected chi connectivity index (χ1v) is 10.3. The highest BCUT2D eigenvalue weighted by Gasteiger charge is 2.16. The summed E-state index contributed by atoms with van der Waals surface area (Å²) in [5.74, 6) is 0.620. The van der Waals surface area contributed by atoms with Gasteiger partial charge < -0.3 is 10.1 Å². The second-order valence-corrected chi connectivity index (χ2v) is 8.03. The van der Waals surface area contributed by atoms with Gasteiger partial charge in [-0.3, -0.25) is 9.69 Å². The second-order valence-electron chi connectivity index (χ2n) is 6.18. The van der Waals surface area contributed by atoms with Crippen molar-refractivity contribution < 1.29 is 9.53 Å². The summed E-state index contributed by atoms with van der Waals surface area (Å²) in [5.41, 5.74) is 1.45. The van der Waals surface area contributed by atoms with Crippen LogP contribution in [-0.2, 0) is 17.9 Å². The van der Waals surface area contributed by atoms with E-state index in [2.05, 4.69) is 16.3 Å². The molecule has 0 aliphatic heterocycles. The van der Waals surface area contributed by atoms with Gasteiger partial charge in [0.25, 0.3) is 0 Å². The van der Waals surface area contributed by atoms with Gasteiger partial charge in [0.05, 0.1) is 29.4 Å². The first-order chi connectivity index (χ1) is 13.6. The Balaban J connectivity index is 1.76. The molecule has 0 aliphatic rings. The maximum absolute atomic E-state index is 12.7. The van der Waals surface area contributed by atoms with Crippen LogP contribution in [0, 0.1) is 0 Å². The van der Waals surface area contributed by atoms with Crippen molar-refractivity contribution in [2.45, 2.75) is 13.1 Å². The second kappa shape index (κ2) is 9.94. The molecule has 2 aromatic carbocycles. The molecule has 0 bridgehead atoms. The lowest BCUT2D eigenvalue weighted by atomic mass is 10.2. The van der Waals surface area contributed by atoms with E-state index < -0.39 is 0 Å². The number of nitrogens with zero attached hydrogens (tertiary/aromatic N) is 1. The van der Waals surface area contributed by atoms with E-state index in [9.17, 15) is 4.79 Å². The Morgan fingerprint density at radius 1 is 1.04 bits per heavy atom. The van der Waals surface area contributed by atoms with Gasteiger partial charge in [-0.25, -0.2) is 0 Å². The molecule has 3 rings (SSSR count).